The fourth-order valence-electron chi connectivity index (χ4n) is 2.92. The van der Waals surface area contributed by atoms with E-state index in [1.165, 1.54) is 11.1 Å². The van der Waals surface area contributed by atoms with Crippen LogP contribution in [0.3, 0.4) is 0 Å². The van der Waals surface area contributed by atoms with E-state index in [1.807, 2.05) is 4.90 Å². The average Bonchev–Trinajstić information content (AvgIpc) is 2.63. The number of carbonyl (C=O) groups is 1. The summed E-state index contributed by atoms with van der Waals surface area (Å²) in [5.74, 6) is 0.111. The predicted octanol–water partition coefficient (Wildman–Crippen LogP) is 2.60. The monoisotopic (exact) mass is 309 g/mol. The van der Waals surface area contributed by atoms with Crippen molar-refractivity contribution < 1.29 is 4.79 Å². The number of nitrogens with zero attached hydrogens (tertiary/aromatic N) is 3. The molecule has 1 aliphatic heterocycles. The second-order valence-corrected chi connectivity index (χ2v) is 5.97. The Balaban J connectivity index is 1.53. The molecule has 0 radical (unpaired) electrons. The first kappa shape index (κ1) is 15.7. The molecule has 0 bridgehead atoms. The molecule has 2 heterocycles. The second-order valence-electron chi connectivity index (χ2n) is 5.97. The Hall–Kier alpha value is -2.20. The van der Waals surface area contributed by atoms with Gasteiger partial charge in [0.15, 0.2) is 0 Å². The maximum Gasteiger partial charge on any atom is 0.254 e. The summed E-state index contributed by atoms with van der Waals surface area (Å²) in [6.07, 6.45) is 4.42. The third kappa shape index (κ3) is 3.96. The van der Waals surface area contributed by atoms with Crippen LogP contribution in [-0.4, -0.2) is 46.9 Å². The zero-order valence-corrected chi connectivity index (χ0v) is 13.6. The van der Waals surface area contributed by atoms with Gasteiger partial charge < -0.3 is 4.90 Å². The largest absolute Gasteiger partial charge is 0.336 e. The van der Waals surface area contributed by atoms with E-state index < -0.39 is 0 Å². The normalized spacial score (nSPS) is 15.6. The number of benzene rings is 1. The van der Waals surface area contributed by atoms with E-state index in [1.54, 1.807) is 24.5 Å². The fraction of sp³-hybridized carbons (Fsp3) is 0.368. The third-order valence-electron chi connectivity index (χ3n) is 4.42. The summed E-state index contributed by atoms with van der Waals surface area (Å²) in [4.78, 5) is 20.7. The van der Waals surface area contributed by atoms with Gasteiger partial charge in [-0.05, 0) is 29.7 Å². The van der Waals surface area contributed by atoms with Crippen molar-refractivity contribution in [3.8, 4) is 0 Å². The lowest BCUT2D eigenvalue weighted by atomic mass is 10.1. The van der Waals surface area contributed by atoms with Crippen molar-refractivity contribution in [1.82, 2.24) is 14.8 Å². The first-order valence-electron chi connectivity index (χ1n) is 8.25. The lowest BCUT2D eigenvalue weighted by Gasteiger charge is -2.34. The highest BCUT2D eigenvalue weighted by Crippen LogP contribution is 2.12. The molecule has 1 amide bonds. The quantitative estimate of drug-likeness (QED) is 0.871. The maximum absolute atomic E-state index is 12.4. The van der Waals surface area contributed by atoms with Gasteiger partial charge in [-0.2, -0.15) is 0 Å². The fourth-order valence-corrected chi connectivity index (χ4v) is 2.92. The Bertz CT molecular complexity index is 631. The summed E-state index contributed by atoms with van der Waals surface area (Å²) in [5, 5.41) is 0. The van der Waals surface area contributed by atoms with E-state index in [0.29, 0.717) is 0 Å². The number of piperazine rings is 1. The molecule has 0 aliphatic carbocycles. The molecule has 4 nitrogen and oxygen atoms in total. The molecule has 0 unspecified atom stereocenters. The van der Waals surface area contributed by atoms with Gasteiger partial charge in [0.05, 0.1) is 0 Å². The molecule has 23 heavy (non-hydrogen) atoms. The Labute approximate surface area is 137 Å². The highest BCUT2D eigenvalue weighted by molar-refractivity contribution is 5.94. The molecule has 1 aromatic heterocycles. The van der Waals surface area contributed by atoms with E-state index in [-0.39, 0.29) is 5.91 Å². The lowest BCUT2D eigenvalue weighted by Crippen LogP contribution is -2.48. The number of rotatable bonds is 4. The summed E-state index contributed by atoms with van der Waals surface area (Å²) in [6, 6.07) is 12.4. The van der Waals surface area contributed by atoms with Gasteiger partial charge in [-0.3, -0.25) is 14.7 Å². The standard InChI is InChI=1S/C19H23N3O/c1-2-16-3-5-17(6-4-16)15-21-11-13-22(14-12-21)19(23)18-7-9-20-10-8-18/h3-10H,2,11-15H2,1H3. The topological polar surface area (TPSA) is 36.4 Å². The van der Waals surface area contributed by atoms with Gasteiger partial charge in [-0.25, -0.2) is 0 Å². The number of carbonyl (C=O) groups excluding carboxylic acids is 1. The molecule has 1 fully saturated rings. The minimum atomic E-state index is 0.111. The average molecular weight is 309 g/mol. The van der Waals surface area contributed by atoms with Crippen LogP contribution in [0.25, 0.3) is 0 Å². The first-order chi connectivity index (χ1) is 11.3. The Kier molecular flexibility index (Phi) is 5.03. The zero-order valence-electron chi connectivity index (χ0n) is 13.6. The third-order valence-corrected chi connectivity index (χ3v) is 4.42. The maximum atomic E-state index is 12.4. The van der Waals surface area contributed by atoms with E-state index in [0.717, 1.165) is 44.7 Å². The SMILES string of the molecule is CCc1ccc(CN2CCN(C(=O)c3ccncc3)CC2)cc1. The number of amides is 1. The first-order valence-corrected chi connectivity index (χ1v) is 8.25. The molecule has 2 aromatic rings. The summed E-state index contributed by atoms with van der Waals surface area (Å²) >= 11 is 0. The minimum Gasteiger partial charge on any atom is -0.336 e. The minimum absolute atomic E-state index is 0.111. The molecule has 0 spiro atoms. The molecular formula is C19H23N3O. The number of pyridine rings is 1. The Morgan fingerprint density at radius 1 is 0.957 bits per heavy atom. The molecular weight excluding hydrogens is 286 g/mol. The molecule has 4 heteroatoms. The summed E-state index contributed by atoms with van der Waals surface area (Å²) in [5.41, 5.74) is 3.45. The van der Waals surface area contributed by atoms with Crippen LogP contribution in [0.4, 0.5) is 0 Å². The van der Waals surface area contributed by atoms with Crippen molar-refractivity contribution >= 4 is 5.91 Å². The van der Waals surface area contributed by atoms with E-state index >= 15 is 0 Å². The van der Waals surface area contributed by atoms with Crippen LogP contribution in [-0.2, 0) is 13.0 Å². The van der Waals surface area contributed by atoms with Crippen LogP contribution in [0.15, 0.2) is 48.8 Å². The zero-order chi connectivity index (χ0) is 16.1. The van der Waals surface area contributed by atoms with E-state index in [9.17, 15) is 4.79 Å². The predicted molar refractivity (Wildman–Crippen MR) is 91.2 cm³/mol. The summed E-state index contributed by atoms with van der Waals surface area (Å²) in [7, 11) is 0. The van der Waals surface area contributed by atoms with Crippen molar-refractivity contribution in [1.29, 1.82) is 0 Å². The molecule has 1 aliphatic rings. The van der Waals surface area contributed by atoms with Gasteiger partial charge in [0.25, 0.3) is 5.91 Å². The second kappa shape index (κ2) is 7.38. The Morgan fingerprint density at radius 3 is 2.17 bits per heavy atom. The smallest absolute Gasteiger partial charge is 0.254 e. The molecule has 3 rings (SSSR count). The summed E-state index contributed by atoms with van der Waals surface area (Å²) in [6.45, 7) is 6.55. The van der Waals surface area contributed by atoms with Gasteiger partial charge in [0, 0.05) is 50.7 Å². The van der Waals surface area contributed by atoms with Crippen LogP contribution >= 0.6 is 0 Å². The molecule has 1 aromatic carbocycles. The van der Waals surface area contributed by atoms with E-state index in [2.05, 4.69) is 41.1 Å². The number of aryl methyl sites for hydroxylation is 1. The molecule has 0 atom stereocenters. The highest BCUT2D eigenvalue weighted by Gasteiger charge is 2.21. The van der Waals surface area contributed by atoms with Crippen LogP contribution < -0.4 is 0 Å². The van der Waals surface area contributed by atoms with Crippen LogP contribution in [0.2, 0.25) is 0 Å². The molecule has 0 N–H and O–H groups in total. The number of aromatic nitrogens is 1. The van der Waals surface area contributed by atoms with Crippen molar-refractivity contribution in [3.05, 3.63) is 65.5 Å². The van der Waals surface area contributed by atoms with Crippen LogP contribution in [0.1, 0.15) is 28.4 Å². The molecule has 120 valence electrons. The number of hydrogen-bond donors (Lipinski definition) is 0. The van der Waals surface area contributed by atoms with Gasteiger partial charge in [0.2, 0.25) is 0 Å². The van der Waals surface area contributed by atoms with Gasteiger partial charge in [0.1, 0.15) is 0 Å². The van der Waals surface area contributed by atoms with Gasteiger partial charge in [-0.15, -0.1) is 0 Å². The van der Waals surface area contributed by atoms with Crippen molar-refractivity contribution in [2.45, 2.75) is 19.9 Å². The van der Waals surface area contributed by atoms with Gasteiger partial charge in [-0.1, -0.05) is 31.2 Å². The summed E-state index contributed by atoms with van der Waals surface area (Å²) < 4.78 is 0. The van der Waals surface area contributed by atoms with Crippen LogP contribution in [0, 0.1) is 0 Å². The number of hydrogen-bond acceptors (Lipinski definition) is 3. The Morgan fingerprint density at radius 2 is 1.57 bits per heavy atom. The highest BCUT2D eigenvalue weighted by atomic mass is 16.2. The lowest BCUT2D eigenvalue weighted by molar-refractivity contribution is 0.0628. The van der Waals surface area contributed by atoms with Gasteiger partial charge >= 0.3 is 0 Å². The van der Waals surface area contributed by atoms with E-state index in [4.69, 9.17) is 0 Å². The van der Waals surface area contributed by atoms with Crippen molar-refractivity contribution in [3.63, 3.8) is 0 Å². The van der Waals surface area contributed by atoms with Crippen molar-refractivity contribution in [2.75, 3.05) is 26.2 Å². The van der Waals surface area contributed by atoms with Crippen LogP contribution in [0.5, 0.6) is 0 Å². The molecule has 0 saturated carbocycles. The molecule has 1 saturated heterocycles. The van der Waals surface area contributed by atoms with Crippen molar-refractivity contribution in [2.24, 2.45) is 0 Å².